The fourth-order valence-electron chi connectivity index (χ4n) is 1.37. The molecule has 3 nitrogen and oxygen atoms in total. The molecule has 1 heterocycles. The van der Waals surface area contributed by atoms with E-state index in [0.29, 0.717) is 11.7 Å². The summed E-state index contributed by atoms with van der Waals surface area (Å²) in [7, 11) is 0. The van der Waals surface area contributed by atoms with Crippen LogP contribution < -0.4 is 10.7 Å². The first kappa shape index (κ1) is 14.2. The molecule has 6 heteroatoms. The summed E-state index contributed by atoms with van der Waals surface area (Å²) in [6.45, 7) is 0.687. The number of thiophene rings is 1. The lowest BCUT2D eigenvalue weighted by Gasteiger charge is -2.06. The minimum Gasteiger partial charge on any atom is -0.357 e. The van der Waals surface area contributed by atoms with Crippen molar-refractivity contribution in [1.82, 2.24) is 10.7 Å². The van der Waals surface area contributed by atoms with Crippen LogP contribution in [0.15, 0.2) is 51.4 Å². The second-order valence-electron chi connectivity index (χ2n) is 3.68. The van der Waals surface area contributed by atoms with Gasteiger partial charge in [-0.05, 0) is 45.8 Å². The van der Waals surface area contributed by atoms with Gasteiger partial charge in [0.25, 0.3) is 0 Å². The van der Waals surface area contributed by atoms with Gasteiger partial charge in [0.05, 0.1) is 10.0 Å². The third-order valence-corrected chi connectivity index (χ3v) is 4.04. The molecular weight excluding hydrogens is 342 g/mol. The number of halogens is 1. The Morgan fingerprint density at radius 2 is 2.05 bits per heavy atom. The van der Waals surface area contributed by atoms with Crippen molar-refractivity contribution in [3.05, 3.63) is 56.7 Å². The van der Waals surface area contributed by atoms with E-state index in [1.807, 2.05) is 42.5 Å². The molecule has 0 aliphatic heterocycles. The molecule has 0 radical (unpaired) electrons. The van der Waals surface area contributed by atoms with Crippen LogP contribution in [-0.2, 0) is 6.54 Å². The summed E-state index contributed by atoms with van der Waals surface area (Å²) in [5.41, 5.74) is 3.97. The van der Waals surface area contributed by atoms with Crippen LogP contribution in [0.2, 0.25) is 0 Å². The highest BCUT2D eigenvalue weighted by atomic mass is 79.9. The third-order valence-electron chi connectivity index (χ3n) is 2.25. The smallest absolute Gasteiger partial charge is 0.187 e. The molecule has 0 saturated heterocycles. The van der Waals surface area contributed by atoms with Gasteiger partial charge in [-0.2, -0.15) is 5.10 Å². The van der Waals surface area contributed by atoms with Gasteiger partial charge >= 0.3 is 0 Å². The van der Waals surface area contributed by atoms with Crippen molar-refractivity contribution >= 4 is 50.8 Å². The topological polar surface area (TPSA) is 36.4 Å². The van der Waals surface area contributed by atoms with Gasteiger partial charge < -0.3 is 5.32 Å². The Balaban J connectivity index is 1.74. The highest BCUT2D eigenvalue weighted by molar-refractivity contribution is 9.11. The molecule has 2 aromatic rings. The minimum atomic E-state index is 0.510. The molecule has 0 amide bonds. The van der Waals surface area contributed by atoms with E-state index < -0.39 is 0 Å². The van der Waals surface area contributed by atoms with Crippen molar-refractivity contribution in [2.24, 2.45) is 5.10 Å². The largest absolute Gasteiger partial charge is 0.357 e. The molecule has 0 aliphatic carbocycles. The maximum atomic E-state index is 5.13. The zero-order valence-electron chi connectivity index (χ0n) is 9.97. The van der Waals surface area contributed by atoms with E-state index in [4.69, 9.17) is 12.2 Å². The van der Waals surface area contributed by atoms with E-state index in [0.717, 1.165) is 8.66 Å². The first-order chi connectivity index (χ1) is 9.24. The second-order valence-corrected chi connectivity index (χ2v) is 6.58. The fourth-order valence-corrected chi connectivity index (χ4v) is 2.79. The zero-order chi connectivity index (χ0) is 13.5. The molecule has 2 N–H and O–H groups in total. The molecule has 0 spiro atoms. The van der Waals surface area contributed by atoms with E-state index in [-0.39, 0.29) is 0 Å². The van der Waals surface area contributed by atoms with Crippen LogP contribution in [0.4, 0.5) is 0 Å². The van der Waals surface area contributed by atoms with Crippen molar-refractivity contribution < 1.29 is 0 Å². The van der Waals surface area contributed by atoms with Gasteiger partial charge in [-0.25, -0.2) is 0 Å². The van der Waals surface area contributed by atoms with Crippen LogP contribution in [0.1, 0.15) is 10.4 Å². The average molecular weight is 354 g/mol. The molecule has 0 aliphatic rings. The quantitative estimate of drug-likeness (QED) is 0.501. The molecule has 19 heavy (non-hydrogen) atoms. The van der Waals surface area contributed by atoms with Crippen LogP contribution in [0.3, 0.4) is 0 Å². The van der Waals surface area contributed by atoms with Crippen LogP contribution in [0.25, 0.3) is 0 Å². The van der Waals surface area contributed by atoms with Crippen LogP contribution >= 0.6 is 39.5 Å². The fraction of sp³-hybridized carbons (Fsp3) is 0.0769. The Hall–Kier alpha value is -1.24. The Labute approximate surface area is 129 Å². The van der Waals surface area contributed by atoms with Gasteiger partial charge in [-0.1, -0.05) is 30.3 Å². The number of benzene rings is 1. The van der Waals surface area contributed by atoms with E-state index in [1.54, 1.807) is 17.6 Å². The van der Waals surface area contributed by atoms with Crippen molar-refractivity contribution in [3.8, 4) is 0 Å². The first-order valence-electron chi connectivity index (χ1n) is 5.60. The Morgan fingerprint density at radius 1 is 1.26 bits per heavy atom. The maximum Gasteiger partial charge on any atom is 0.187 e. The summed E-state index contributed by atoms with van der Waals surface area (Å²) in [5.74, 6) is 0. The van der Waals surface area contributed by atoms with E-state index in [9.17, 15) is 0 Å². The number of hydrazone groups is 1. The number of rotatable bonds is 4. The predicted octanol–water partition coefficient (Wildman–Crippen LogP) is 3.51. The standard InChI is InChI=1S/C13H12BrN3S2/c14-12-7-6-11(19-12)9-16-17-13(18)15-8-10-4-2-1-3-5-10/h1-7,9H,8H2,(H2,15,17,18)/b16-9+. The Bertz CT molecular complexity index is 566. The van der Waals surface area contributed by atoms with E-state index in [2.05, 4.69) is 31.8 Å². The predicted molar refractivity (Wildman–Crippen MR) is 88.6 cm³/mol. The highest BCUT2D eigenvalue weighted by Crippen LogP contribution is 2.20. The van der Waals surface area contributed by atoms with Crippen LogP contribution in [0, 0.1) is 0 Å². The van der Waals surface area contributed by atoms with Gasteiger partial charge in [0.15, 0.2) is 5.11 Å². The number of hydrogen-bond acceptors (Lipinski definition) is 3. The molecule has 2 rings (SSSR count). The van der Waals surface area contributed by atoms with Gasteiger partial charge in [-0.3, -0.25) is 5.43 Å². The lowest BCUT2D eigenvalue weighted by atomic mass is 10.2. The molecule has 0 unspecified atom stereocenters. The normalized spacial score (nSPS) is 10.6. The molecule has 0 atom stereocenters. The summed E-state index contributed by atoms with van der Waals surface area (Å²) in [5, 5.41) is 7.68. The highest BCUT2D eigenvalue weighted by Gasteiger charge is 1.95. The second kappa shape index (κ2) is 7.37. The summed E-state index contributed by atoms with van der Waals surface area (Å²) >= 11 is 10.1. The lowest BCUT2D eigenvalue weighted by molar-refractivity contribution is 0.869. The van der Waals surface area contributed by atoms with Gasteiger partial charge in [0.1, 0.15) is 0 Å². The van der Waals surface area contributed by atoms with Crippen molar-refractivity contribution in [1.29, 1.82) is 0 Å². The average Bonchev–Trinajstić information content (AvgIpc) is 2.83. The molecule has 0 fully saturated rings. The minimum absolute atomic E-state index is 0.510. The first-order valence-corrected chi connectivity index (χ1v) is 7.62. The summed E-state index contributed by atoms with van der Waals surface area (Å²) in [6.07, 6.45) is 1.74. The molecular formula is C13H12BrN3S2. The molecule has 1 aromatic heterocycles. The summed E-state index contributed by atoms with van der Waals surface area (Å²) in [6, 6.07) is 14.0. The van der Waals surface area contributed by atoms with Crippen molar-refractivity contribution in [3.63, 3.8) is 0 Å². The number of nitrogens with one attached hydrogen (secondary N) is 2. The monoisotopic (exact) mass is 353 g/mol. The summed E-state index contributed by atoms with van der Waals surface area (Å²) < 4.78 is 1.08. The van der Waals surface area contributed by atoms with Crippen LogP contribution in [-0.4, -0.2) is 11.3 Å². The maximum absolute atomic E-state index is 5.13. The van der Waals surface area contributed by atoms with Crippen LogP contribution in [0.5, 0.6) is 0 Å². The summed E-state index contributed by atoms with van der Waals surface area (Å²) in [4.78, 5) is 1.06. The number of thiocarbonyl (C=S) groups is 1. The molecule has 0 bridgehead atoms. The van der Waals surface area contributed by atoms with Crippen molar-refractivity contribution in [2.45, 2.75) is 6.54 Å². The van der Waals surface area contributed by atoms with Gasteiger partial charge in [0, 0.05) is 11.4 Å². The lowest BCUT2D eigenvalue weighted by Crippen LogP contribution is -2.31. The number of hydrogen-bond donors (Lipinski definition) is 2. The Kier molecular flexibility index (Phi) is 5.50. The zero-order valence-corrected chi connectivity index (χ0v) is 13.2. The molecule has 98 valence electrons. The third kappa shape index (κ3) is 5.10. The SMILES string of the molecule is S=C(NCc1ccccc1)N/N=C/c1ccc(Br)s1. The van der Waals surface area contributed by atoms with Gasteiger partial charge in [-0.15, -0.1) is 11.3 Å². The van der Waals surface area contributed by atoms with Gasteiger partial charge in [0.2, 0.25) is 0 Å². The van der Waals surface area contributed by atoms with E-state index >= 15 is 0 Å². The molecule has 0 saturated carbocycles. The van der Waals surface area contributed by atoms with Crippen molar-refractivity contribution in [2.75, 3.05) is 0 Å². The molecule has 1 aromatic carbocycles. The number of nitrogens with zero attached hydrogens (tertiary/aromatic N) is 1. The Morgan fingerprint density at radius 3 is 2.74 bits per heavy atom. The van der Waals surface area contributed by atoms with E-state index in [1.165, 1.54) is 5.56 Å².